The van der Waals surface area contributed by atoms with Gasteiger partial charge in [-0.15, -0.1) is 0 Å². The fourth-order valence-corrected chi connectivity index (χ4v) is 5.75. The number of benzene rings is 3. The summed E-state index contributed by atoms with van der Waals surface area (Å²) in [5.74, 6) is -0.489. The van der Waals surface area contributed by atoms with Crippen LogP contribution in [0.3, 0.4) is 0 Å². The Hall–Kier alpha value is -2.90. The maximum Gasteiger partial charge on any atom is 0.419 e. The SMILES string of the molecule is C[C@@]1(Oc2cc(NS(=O)(=O)c3ccc(Sc4cccc(C(F)(F)F)c4)cc3)ccc2C(F)(F)F)CCNC1. The lowest BCUT2D eigenvalue weighted by Crippen LogP contribution is -2.35. The number of alkyl halides is 6. The molecule has 0 bridgehead atoms. The minimum absolute atomic E-state index is 0.120. The Morgan fingerprint density at radius 2 is 1.63 bits per heavy atom. The first-order chi connectivity index (χ1) is 17.6. The molecule has 0 radical (unpaired) electrons. The van der Waals surface area contributed by atoms with E-state index in [2.05, 4.69) is 10.0 Å². The smallest absolute Gasteiger partial charge is 0.419 e. The van der Waals surface area contributed by atoms with Crippen LogP contribution in [0.4, 0.5) is 32.0 Å². The van der Waals surface area contributed by atoms with Crippen molar-refractivity contribution in [2.24, 2.45) is 0 Å². The fraction of sp³-hybridized carbons (Fsp3) is 0.280. The quantitative estimate of drug-likeness (QED) is 0.303. The first-order valence-electron chi connectivity index (χ1n) is 11.2. The highest BCUT2D eigenvalue weighted by Gasteiger charge is 2.38. The van der Waals surface area contributed by atoms with Gasteiger partial charge in [0.15, 0.2) is 0 Å². The van der Waals surface area contributed by atoms with Crippen LogP contribution in [0.5, 0.6) is 5.75 Å². The summed E-state index contributed by atoms with van der Waals surface area (Å²) in [5.41, 5.74) is -2.83. The highest BCUT2D eigenvalue weighted by atomic mass is 32.2. The fourth-order valence-electron chi connectivity index (χ4n) is 3.82. The van der Waals surface area contributed by atoms with Gasteiger partial charge in [-0.05, 0) is 68.1 Å². The maximum atomic E-state index is 13.6. The van der Waals surface area contributed by atoms with Crippen molar-refractivity contribution >= 4 is 27.5 Å². The second-order valence-electron chi connectivity index (χ2n) is 8.89. The van der Waals surface area contributed by atoms with Gasteiger partial charge in [0.1, 0.15) is 11.4 Å². The van der Waals surface area contributed by atoms with E-state index >= 15 is 0 Å². The number of anilines is 1. The average molecular weight is 577 g/mol. The number of ether oxygens (including phenoxy) is 1. The minimum Gasteiger partial charge on any atom is -0.485 e. The molecular weight excluding hydrogens is 554 g/mol. The van der Waals surface area contributed by atoms with Gasteiger partial charge in [0.2, 0.25) is 0 Å². The van der Waals surface area contributed by atoms with Gasteiger partial charge in [-0.3, -0.25) is 4.72 Å². The maximum absolute atomic E-state index is 13.6. The molecular formula is C25H22F6N2O3S2. The average Bonchev–Trinajstić information content (AvgIpc) is 3.24. The van der Waals surface area contributed by atoms with Crippen LogP contribution in [-0.4, -0.2) is 27.1 Å². The number of nitrogens with one attached hydrogen (secondary N) is 2. The summed E-state index contributed by atoms with van der Waals surface area (Å²) >= 11 is 1.02. The zero-order valence-electron chi connectivity index (χ0n) is 19.8. The zero-order chi connectivity index (χ0) is 27.8. The summed E-state index contributed by atoms with van der Waals surface area (Å²) in [5, 5.41) is 3.03. The number of sulfonamides is 1. The molecule has 1 fully saturated rings. The molecule has 3 aromatic rings. The van der Waals surface area contributed by atoms with E-state index in [9.17, 15) is 34.8 Å². The van der Waals surface area contributed by atoms with Gasteiger partial charge in [-0.2, -0.15) is 26.3 Å². The van der Waals surface area contributed by atoms with E-state index in [1.807, 2.05) is 0 Å². The molecule has 2 N–H and O–H groups in total. The molecule has 1 aliphatic rings. The molecule has 13 heteroatoms. The molecule has 4 rings (SSSR count). The molecule has 1 aliphatic heterocycles. The van der Waals surface area contributed by atoms with Crippen LogP contribution in [0, 0.1) is 0 Å². The van der Waals surface area contributed by atoms with Crippen molar-refractivity contribution in [3.8, 4) is 5.75 Å². The molecule has 0 unspecified atom stereocenters. The zero-order valence-corrected chi connectivity index (χ0v) is 21.4. The molecule has 0 aromatic heterocycles. The number of hydrogen-bond acceptors (Lipinski definition) is 5. The highest BCUT2D eigenvalue weighted by Crippen LogP contribution is 2.40. The van der Waals surface area contributed by atoms with E-state index in [0.29, 0.717) is 29.3 Å². The Morgan fingerprint density at radius 1 is 0.921 bits per heavy atom. The van der Waals surface area contributed by atoms with Crippen molar-refractivity contribution in [3.05, 3.63) is 77.9 Å². The van der Waals surface area contributed by atoms with E-state index in [4.69, 9.17) is 4.74 Å². The normalized spacial score (nSPS) is 18.4. The summed E-state index contributed by atoms with van der Waals surface area (Å²) in [7, 11) is -4.19. The second-order valence-corrected chi connectivity index (χ2v) is 11.7. The van der Waals surface area contributed by atoms with Gasteiger partial charge < -0.3 is 10.1 Å². The topological polar surface area (TPSA) is 67.4 Å². The largest absolute Gasteiger partial charge is 0.485 e. The molecule has 204 valence electrons. The number of rotatable bonds is 7. The van der Waals surface area contributed by atoms with Gasteiger partial charge in [0, 0.05) is 28.8 Å². The Bertz CT molecular complexity index is 1400. The van der Waals surface area contributed by atoms with E-state index in [1.54, 1.807) is 6.92 Å². The Morgan fingerprint density at radius 3 is 2.24 bits per heavy atom. The summed E-state index contributed by atoms with van der Waals surface area (Å²) < 4.78 is 113. The lowest BCUT2D eigenvalue weighted by molar-refractivity contribution is -0.140. The third-order valence-electron chi connectivity index (χ3n) is 5.76. The predicted octanol–water partition coefficient (Wildman–Crippen LogP) is 6.81. The Balaban J connectivity index is 1.53. The van der Waals surface area contributed by atoms with E-state index < -0.39 is 44.9 Å². The van der Waals surface area contributed by atoms with Crippen molar-refractivity contribution < 1.29 is 39.5 Å². The molecule has 1 saturated heterocycles. The van der Waals surface area contributed by atoms with Crippen molar-refractivity contribution in [1.29, 1.82) is 0 Å². The molecule has 0 aliphatic carbocycles. The van der Waals surface area contributed by atoms with Gasteiger partial charge in [-0.1, -0.05) is 17.8 Å². The Kier molecular flexibility index (Phi) is 7.65. The molecule has 5 nitrogen and oxygen atoms in total. The van der Waals surface area contributed by atoms with Crippen molar-refractivity contribution in [2.45, 2.75) is 46.0 Å². The molecule has 3 aromatic carbocycles. The van der Waals surface area contributed by atoms with Gasteiger partial charge in [-0.25, -0.2) is 8.42 Å². The third kappa shape index (κ3) is 6.75. The number of hydrogen-bond donors (Lipinski definition) is 2. The van der Waals surface area contributed by atoms with Crippen LogP contribution in [0.15, 0.2) is 81.4 Å². The van der Waals surface area contributed by atoms with Gasteiger partial charge >= 0.3 is 12.4 Å². The summed E-state index contributed by atoms with van der Waals surface area (Å²) in [4.78, 5) is 0.629. The summed E-state index contributed by atoms with van der Waals surface area (Å²) in [6.45, 7) is 2.58. The molecule has 0 amide bonds. The van der Waals surface area contributed by atoms with Crippen molar-refractivity contribution in [1.82, 2.24) is 5.32 Å². The minimum atomic E-state index is -4.71. The van der Waals surface area contributed by atoms with Crippen LogP contribution in [0.2, 0.25) is 0 Å². The molecule has 1 atom stereocenters. The first kappa shape index (κ1) is 28.1. The van der Waals surface area contributed by atoms with Crippen molar-refractivity contribution in [3.63, 3.8) is 0 Å². The monoisotopic (exact) mass is 576 g/mol. The van der Waals surface area contributed by atoms with Gasteiger partial charge in [0.05, 0.1) is 21.7 Å². The summed E-state index contributed by atoms with van der Waals surface area (Å²) in [6.07, 6.45) is -8.72. The van der Waals surface area contributed by atoms with E-state index in [-0.39, 0.29) is 10.6 Å². The van der Waals surface area contributed by atoms with Crippen LogP contribution in [0.1, 0.15) is 24.5 Å². The van der Waals surface area contributed by atoms with E-state index in [1.165, 1.54) is 36.4 Å². The highest BCUT2D eigenvalue weighted by molar-refractivity contribution is 7.99. The standard InChI is InChI=1S/C25H22F6N2O3S2/c1-23(11-12-32-15-23)36-22-14-17(5-10-21(22)25(29,30)31)33-38(34,35)20-8-6-18(7-9-20)37-19-4-2-3-16(13-19)24(26,27)28/h2-10,13-14,32-33H,11-12,15H2,1H3/t23-/m1/s1. The number of halogens is 6. The van der Waals surface area contributed by atoms with Crippen LogP contribution >= 0.6 is 11.8 Å². The van der Waals surface area contributed by atoms with Crippen LogP contribution in [0.25, 0.3) is 0 Å². The van der Waals surface area contributed by atoms with Crippen LogP contribution in [-0.2, 0) is 22.4 Å². The molecule has 1 heterocycles. The second kappa shape index (κ2) is 10.3. The lowest BCUT2D eigenvalue weighted by atomic mass is 10.1. The van der Waals surface area contributed by atoms with E-state index in [0.717, 1.165) is 42.1 Å². The first-order valence-corrected chi connectivity index (χ1v) is 13.5. The van der Waals surface area contributed by atoms with Crippen molar-refractivity contribution in [2.75, 3.05) is 17.8 Å². The van der Waals surface area contributed by atoms with Crippen LogP contribution < -0.4 is 14.8 Å². The van der Waals surface area contributed by atoms with Gasteiger partial charge in [0.25, 0.3) is 10.0 Å². The molecule has 0 spiro atoms. The third-order valence-corrected chi connectivity index (χ3v) is 8.15. The predicted molar refractivity (Wildman–Crippen MR) is 131 cm³/mol. The Labute approximate surface area is 219 Å². The lowest BCUT2D eigenvalue weighted by Gasteiger charge is -2.27. The molecule has 38 heavy (non-hydrogen) atoms. The molecule has 0 saturated carbocycles. The summed E-state index contributed by atoms with van der Waals surface area (Å²) in [6, 6.07) is 12.8.